The van der Waals surface area contributed by atoms with E-state index in [2.05, 4.69) is 25.8 Å². The number of likely N-dealkylation sites (N-methyl/N-ethyl adjacent to an activating group) is 1. The molecule has 3 unspecified atom stereocenters. The van der Waals surface area contributed by atoms with E-state index < -0.39 is 0 Å². The summed E-state index contributed by atoms with van der Waals surface area (Å²) >= 11 is 0. The number of rotatable bonds is 4. The molecule has 10 atom stereocenters. The van der Waals surface area contributed by atoms with Gasteiger partial charge in [0.1, 0.15) is 12.1 Å². The van der Waals surface area contributed by atoms with Gasteiger partial charge in [0.25, 0.3) is 0 Å². The lowest BCUT2D eigenvalue weighted by atomic mass is 9.44. The molecule has 0 N–H and O–H groups in total. The van der Waals surface area contributed by atoms with Crippen molar-refractivity contribution in [2.24, 2.45) is 34.5 Å². The molecule has 6 fully saturated rings. The van der Waals surface area contributed by atoms with Crippen LogP contribution >= 0.6 is 0 Å². The van der Waals surface area contributed by atoms with Crippen LogP contribution in [0.1, 0.15) is 118 Å². The van der Waals surface area contributed by atoms with E-state index in [4.69, 9.17) is 9.47 Å². The van der Waals surface area contributed by atoms with Crippen LogP contribution in [0.4, 0.5) is 0 Å². The van der Waals surface area contributed by atoms with E-state index in [1.165, 1.54) is 96.6 Å². The Labute approximate surface area is 249 Å². The second-order valence-electron chi connectivity index (χ2n) is 16.1. The third-order valence-corrected chi connectivity index (χ3v) is 14.0. The maximum absolute atomic E-state index is 12.6. The van der Waals surface area contributed by atoms with Gasteiger partial charge in [-0.2, -0.15) is 0 Å². The molecule has 0 spiro atoms. The largest absolute Gasteiger partial charge is 0.461 e. The summed E-state index contributed by atoms with van der Waals surface area (Å²) in [6, 6.07) is 0.788. The third-order valence-electron chi connectivity index (χ3n) is 14.0. The molecule has 2 heterocycles. The van der Waals surface area contributed by atoms with Crippen molar-refractivity contribution in [1.29, 1.82) is 0 Å². The predicted octanol–water partition coefficient (Wildman–Crippen LogP) is 6.36. The van der Waals surface area contributed by atoms with Crippen LogP contribution in [0.2, 0.25) is 0 Å². The fourth-order valence-electron chi connectivity index (χ4n) is 11.9. The van der Waals surface area contributed by atoms with E-state index in [1.54, 1.807) is 13.8 Å². The zero-order chi connectivity index (χ0) is 29.0. The summed E-state index contributed by atoms with van der Waals surface area (Å²) in [4.78, 5) is 27.5. The van der Waals surface area contributed by atoms with Gasteiger partial charge in [-0.15, -0.1) is 0 Å². The summed E-state index contributed by atoms with van der Waals surface area (Å²) in [7, 11) is 2.49. The lowest BCUT2D eigenvalue weighted by Gasteiger charge is -2.62. The number of carbonyl (C=O) groups is 2. The molecule has 6 nitrogen and oxygen atoms in total. The average molecular weight is 572 g/mol. The number of carbonyl (C=O) groups excluding carboxylic acids is 2. The Balaban J connectivity index is 1.29. The molecule has 6 heteroatoms. The number of nitrogens with zero attached hydrogens (tertiary/aromatic N) is 2. The Bertz CT molecular complexity index is 971. The summed E-state index contributed by atoms with van der Waals surface area (Å²) in [6.07, 6.45) is 17.6. The summed E-state index contributed by atoms with van der Waals surface area (Å²) < 4.78 is 13.6. The van der Waals surface area contributed by atoms with Gasteiger partial charge in [-0.1, -0.05) is 20.3 Å². The van der Waals surface area contributed by atoms with Crippen molar-refractivity contribution in [3.8, 4) is 0 Å². The molecule has 0 aromatic heterocycles. The van der Waals surface area contributed by atoms with Crippen molar-refractivity contribution < 1.29 is 23.5 Å². The highest BCUT2D eigenvalue weighted by atomic mass is 16.5. The Hall–Kier alpha value is -1.14. The van der Waals surface area contributed by atoms with Crippen LogP contribution in [0.3, 0.4) is 0 Å². The van der Waals surface area contributed by atoms with Crippen LogP contribution in [0.15, 0.2) is 0 Å². The van der Waals surface area contributed by atoms with E-state index in [1.807, 2.05) is 0 Å². The lowest BCUT2D eigenvalue weighted by Crippen LogP contribution is -2.61. The Morgan fingerprint density at radius 2 is 1.44 bits per heavy atom. The molecule has 2 saturated heterocycles. The van der Waals surface area contributed by atoms with Crippen molar-refractivity contribution in [1.82, 2.24) is 4.90 Å². The SMILES string of the molecule is CC(=O)O[C@H]1C[C@@H]2CCC3C4C[C@H]([N+]5(C)CCCCCC5)[C@H](OC(C)=O)[C@@]4(C)CCC3[C@@]2(C)C[C@@H]1N1CCCCC1. The van der Waals surface area contributed by atoms with Crippen molar-refractivity contribution >= 4 is 11.9 Å². The number of esters is 2. The zero-order valence-electron chi connectivity index (χ0n) is 26.9. The van der Waals surface area contributed by atoms with Gasteiger partial charge in [-0.05, 0) is 119 Å². The van der Waals surface area contributed by atoms with Crippen molar-refractivity contribution in [3.63, 3.8) is 0 Å². The maximum atomic E-state index is 12.6. The quantitative estimate of drug-likeness (QED) is 0.291. The topological polar surface area (TPSA) is 55.8 Å². The van der Waals surface area contributed by atoms with E-state index >= 15 is 0 Å². The zero-order valence-corrected chi connectivity index (χ0v) is 26.9. The first-order valence-corrected chi connectivity index (χ1v) is 17.5. The standard InChI is InChI=1S/C35H59N2O4/c1-24(38)40-32-21-26-13-14-27-28(35(26,4)23-30(32)36-17-9-8-10-18-36)15-16-34(3)29(27)22-31(33(34)41-25(2)39)37(5)19-11-6-7-12-20-37/h26-33H,6-23H2,1-5H3/q+1/t26-,27?,28?,29?,30-,31-,32-,33-,34-,35-/m0/s1. The van der Waals surface area contributed by atoms with Crippen LogP contribution in [0, 0.1) is 34.5 Å². The second kappa shape index (κ2) is 11.4. The average Bonchev–Trinajstić information content (AvgIpc) is 3.06. The first-order valence-electron chi connectivity index (χ1n) is 17.5. The van der Waals surface area contributed by atoms with Crippen LogP contribution in [0.25, 0.3) is 0 Å². The third kappa shape index (κ3) is 5.29. The Kier molecular flexibility index (Phi) is 8.33. The molecular weight excluding hydrogens is 512 g/mol. The van der Waals surface area contributed by atoms with Crippen molar-refractivity contribution in [2.75, 3.05) is 33.2 Å². The van der Waals surface area contributed by atoms with Gasteiger partial charge < -0.3 is 14.0 Å². The summed E-state index contributed by atoms with van der Waals surface area (Å²) in [5, 5.41) is 0. The first kappa shape index (κ1) is 29.9. The molecule has 41 heavy (non-hydrogen) atoms. The highest BCUT2D eigenvalue weighted by Gasteiger charge is 2.67. The minimum Gasteiger partial charge on any atom is -0.461 e. The highest BCUT2D eigenvalue weighted by Crippen LogP contribution is 2.67. The van der Waals surface area contributed by atoms with E-state index in [-0.39, 0.29) is 29.6 Å². The molecule has 0 bridgehead atoms. The van der Waals surface area contributed by atoms with Gasteiger partial charge in [-0.3, -0.25) is 14.5 Å². The molecule has 0 amide bonds. The number of piperidine rings is 1. The highest BCUT2D eigenvalue weighted by molar-refractivity contribution is 5.66. The van der Waals surface area contributed by atoms with Crippen LogP contribution < -0.4 is 0 Å². The molecular formula is C35H59N2O4+. The Morgan fingerprint density at radius 1 is 0.780 bits per heavy atom. The lowest BCUT2D eigenvalue weighted by molar-refractivity contribution is -0.935. The second-order valence-corrected chi connectivity index (χ2v) is 16.1. The number of hydrogen-bond donors (Lipinski definition) is 0. The first-order chi connectivity index (χ1) is 19.5. The van der Waals surface area contributed by atoms with Crippen molar-refractivity contribution in [2.45, 2.75) is 142 Å². The molecule has 0 radical (unpaired) electrons. The number of likely N-dealkylation sites (tertiary alicyclic amines) is 2. The maximum Gasteiger partial charge on any atom is 0.303 e. The predicted molar refractivity (Wildman–Crippen MR) is 161 cm³/mol. The fraction of sp³-hybridized carbons (Fsp3) is 0.943. The molecule has 0 aromatic carbocycles. The van der Waals surface area contributed by atoms with E-state index in [9.17, 15) is 9.59 Å². The van der Waals surface area contributed by atoms with Crippen molar-refractivity contribution in [3.05, 3.63) is 0 Å². The normalized spacial score (nSPS) is 46.4. The van der Waals surface area contributed by atoms with E-state index in [0.717, 1.165) is 29.9 Å². The molecule has 6 rings (SSSR count). The fourth-order valence-corrected chi connectivity index (χ4v) is 11.9. The van der Waals surface area contributed by atoms with Gasteiger partial charge >= 0.3 is 11.9 Å². The molecule has 4 aliphatic carbocycles. The molecule has 232 valence electrons. The van der Waals surface area contributed by atoms with Crippen LogP contribution in [-0.2, 0) is 19.1 Å². The van der Waals surface area contributed by atoms with Crippen LogP contribution in [0.5, 0.6) is 0 Å². The van der Waals surface area contributed by atoms with Gasteiger partial charge in [0.05, 0.1) is 20.1 Å². The number of quaternary nitrogens is 1. The summed E-state index contributed by atoms with van der Waals surface area (Å²) in [6.45, 7) is 13.1. The Morgan fingerprint density at radius 3 is 2.10 bits per heavy atom. The summed E-state index contributed by atoms with van der Waals surface area (Å²) in [5.74, 6) is 2.50. The summed E-state index contributed by atoms with van der Waals surface area (Å²) in [5.41, 5.74) is 0.370. The number of ether oxygens (including phenoxy) is 2. The monoisotopic (exact) mass is 571 g/mol. The van der Waals surface area contributed by atoms with Gasteiger partial charge in [0, 0.05) is 31.7 Å². The van der Waals surface area contributed by atoms with Gasteiger partial charge in [0.15, 0.2) is 6.10 Å². The van der Waals surface area contributed by atoms with Gasteiger partial charge in [0.2, 0.25) is 0 Å². The minimum absolute atomic E-state index is 0.0420. The molecule has 4 saturated carbocycles. The molecule has 6 aliphatic rings. The number of fused-ring (bicyclic) bond motifs is 5. The van der Waals surface area contributed by atoms with Gasteiger partial charge in [-0.25, -0.2) is 0 Å². The minimum atomic E-state index is -0.110. The van der Waals surface area contributed by atoms with Crippen LogP contribution in [-0.4, -0.2) is 78.8 Å². The molecule has 2 aliphatic heterocycles. The number of hydrogen-bond acceptors (Lipinski definition) is 5. The smallest absolute Gasteiger partial charge is 0.303 e. The molecule has 0 aromatic rings. The van der Waals surface area contributed by atoms with E-state index in [0.29, 0.717) is 35.3 Å².